The Kier molecular flexibility index (Phi) is 3.03. The lowest BCUT2D eigenvalue weighted by atomic mass is 9.88. The van der Waals surface area contributed by atoms with E-state index in [1.54, 1.807) is 0 Å². The zero-order chi connectivity index (χ0) is 10.2. The summed E-state index contributed by atoms with van der Waals surface area (Å²) in [6.45, 7) is 12.1. The quantitative estimate of drug-likeness (QED) is 0.623. The number of nitrogens with zero attached hydrogens (tertiary/aromatic N) is 1. The molecule has 13 heavy (non-hydrogen) atoms. The van der Waals surface area contributed by atoms with Crippen LogP contribution in [0.4, 0.5) is 0 Å². The number of piperidine rings is 1. The molecule has 0 aromatic heterocycles. The van der Waals surface area contributed by atoms with Crippen molar-refractivity contribution in [2.45, 2.75) is 58.7 Å². The highest BCUT2D eigenvalue weighted by Crippen LogP contribution is 2.28. The van der Waals surface area contributed by atoms with Gasteiger partial charge in [-0.15, -0.1) is 0 Å². The average molecular weight is 185 g/mol. The number of aliphatic hydroxyl groups excluding tert-OH is 1. The van der Waals surface area contributed by atoms with Crippen molar-refractivity contribution in [3.63, 3.8) is 0 Å². The summed E-state index contributed by atoms with van der Waals surface area (Å²) in [4.78, 5) is 2.41. The van der Waals surface area contributed by atoms with Gasteiger partial charge in [0.1, 0.15) is 0 Å². The van der Waals surface area contributed by atoms with Gasteiger partial charge < -0.3 is 5.11 Å². The first-order valence-electron chi connectivity index (χ1n) is 5.27. The fourth-order valence-corrected chi connectivity index (χ4v) is 2.28. The maximum atomic E-state index is 9.84. The van der Waals surface area contributed by atoms with Gasteiger partial charge in [0.05, 0.1) is 6.10 Å². The number of hydrogen-bond donors (Lipinski definition) is 1. The van der Waals surface area contributed by atoms with Gasteiger partial charge in [-0.3, -0.25) is 4.90 Å². The van der Waals surface area contributed by atoms with Crippen LogP contribution in [0.2, 0.25) is 0 Å². The molecule has 0 radical (unpaired) electrons. The first kappa shape index (κ1) is 11.0. The van der Waals surface area contributed by atoms with Gasteiger partial charge >= 0.3 is 0 Å². The van der Waals surface area contributed by atoms with Crippen LogP contribution in [-0.4, -0.2) is 34.2 Å². The third-order valence-corrected chi connectivity index (χ3v) is 3.06. The van der Waals surface area contributed by atoms with E-state index in [0.717, 1.165) is 13.0 Å². The number of likely N-dealkylation sites (tertiary alicyclic amines) is 1. The summed E-state index contributed by atoms with van der Waals surface area (Å²) in [5, 5.41) is 9.84. The third-order valence-electron chi connectivity index (χ3n) is 3.06. The average Bonchev–Trinajstić information content (AvgIpc) is 1.94. The molecule has 1 N–H and O–H groups in total. The molecule has 1 fully saturated rings. The van der Waals surface area contributed by atoms with Crippen LogP contribution >= 0.6 is 0 Å². The Morgan fingerprint density at radius 2 is 1.77 bits per heavy atom. The summed E-state index contributed by atoms with van der Waals surface area (Å²) in [6, 6.07) is 0.302. The second-order valence-corrected chi connectivity index (χ2v) is 5.47. The second kappa shape index (κ2) is 3.58. The van der Waals surface area contributed by atoms with Crippen LogP contribution < -0.4 is 0 Å². The third kappa shape index (κ3) is 2.44. The Labute approximate surface area is 81.9 Å². The second-order valence-electron chi connectivity index (χ2n) is 5.47. The van der Waals surface area contributed by atoms with E-state index in [-0.39, 0.29) is 11.6 Å². The summed E-state index contributed by atoms with van der Waals surface area (Å²) < 4.78 is 0. The van der Waals surface area contributed by atoms with Gasteiger partial charge in [-0.05, 0) is 40.0 Å². The summed E-state index contributed by atoms with van der Waals surface area (Å²) >= 11 is 0. The van der Waals surface area contributed by atoms with Crippen LogP contribution in [0.15, 0.2) is 0 Å². The van der Waals surface area contributed by atoms with Crippen molar-refractivity contribution in [1.29, 1.82) is 0 Å². The van der Waals surface area contributed by atoms with E-state index < -0.39 is 0 Å². The van der Waals surface area contributed by atoms with Crippen molar-refractivity contribution >= 4 is 0 Å². The molecule has 0 unspecified atom stereocenters. The maximum Gasteiger partial charge on any atom is 0.0695 e. The van der Waals surface area contributed by atoms with Crippen LogP contribution in [0.25, 0.3) is 0 Å². The fraction of sp³-hybridized carbons (Fsp3) is 1.00. The van der Waals surface area contributed by atoms with Crippen molar-refractivity contribution in [3.8, 4) is 0 Å². The maximum absolute atomic E-state index is 9.84. The summed E-state index contributed by atoms with van der Waals surface area (Å²) in [6.07, 6.45) is 0.802. The first-order valence-corrected chi connectivity index (χ1v) is 5.27. The molecule has 0 spiro atoms. The van der Waals surface area contributed by atoms with Crippen LogP contribution in [-0.2, 0) is 0 Å². The predicted octanol–water partition coefficient (Wildman–Crippen LogP) is 1.88. The Morgan fingerprint density at radius 1 is 1.23 bits per heavy atom. The molecule has 1 aliphatic rings. The highest BCUT2D eigenvalue weighted by Gasteiger charge is 2.35. The first-order chi connectivity index (χ1) is 5.82. The summed E-state index contributed by atoms with van der Waals surface area (Å²) in [5.74, 6) is 0.616. The SMILES string of the molecule is C[C@H]1C[C@H](O)[C@H](C)N(C(C)(C)C)C1. The van der Waals surface area contributed by atoms with Gasteiger partial charge in [-0.25, -0.2) is 0 Å². The largest absolute Gasteiger partial charge is 0.391 e. The zero-order valence-corrected chi connectivity index (χ0v) is 9.54. The fourth-order valence-electron chi connectivity index (χ4n) is 2.28. The molecule has 1 rings (SSSR count). The van der Waals surface area contributed by atoms with Gasteiger partial charge in [-0.2, -0.15) is 0 Å². The molecule has 78 valence electrons. The van der Waals surface area contributed by atoms with Crippen molar-refractivity contribution in [2.24, 2.45) is 5.92 Å². The van der Waals surface area contributed by atoms with Crippen LogP contribution in [0.5, 0.6) is 0 Å². The van der Waals surface area contributed by atoms with E-state index in [2.05, 4.69) is 39.5 Å². The number of hydrogen-bond acceptors (Lipinski definition) is 2. The van der Waals surface area contributed by atoms with Gasteiger partial charge in [0.2, 0.25) is 0 Å². The van der Waals surface area contributed by atoms with E-state index in [4.69, 9.17) is 0 Å². The highest BCUT2D eigenvalue weighted by molar-refractivity contribution is 4.90. The molecule has 0 saturated carbocycles. The normalized spacial score (nSPS) is 37.8. The van der Waals surface area contributed by atoms with E-state index in [1.807, 2.05) is 0 Å². The van der Waals surface area contributed by atoms with Gasteiger partial charge in [0, 0.05) is 18.1 Å². The Bertz CT molecular complexity index is 173. The smallest absolute Gasteiger partial charge is 0.0695 e. The molecule has 1 saturated heterocycles. The monoisotopic (exact) mass is 185 g/mol. The molecular formula is C11H23NO. The van der Waals surface area contributed by atoms with E-state index >= 15 is 0 Å². The standard InChI is InChI=1S/C11H23NO/c1-8-6-10(13)9(2)12(7-8)11(3,4)5/h8-10,13H,6-7H2,1-5H3/t8-,9-,10-/m0/s1. The van der Waals surface area contributed by atoms with Crippen LogP contribution in [0.1, 0.15) is 41.0 Å². The number of aliphatic hydroxyl groups is 1. The van der Waals surface area contributed by atoms with Gasteiger partial charge in [0.15, 0.2) is 0 Å². The molecule has 0 aromatic carbocycles. The molecule has 0 bridgehead atoms. The molecule has 0 aromatic rings. The van der Waals surface area contributed by atoms with Crippen molar-refractivity contribution in [1.82, 2.24) is 4.90 Å². The lowest BCUT2D eigenvalue weighted by Crippen LogP contribution is -2.56. The van der Waals surface area contributed by atoms with E-state index in [9.17, 15) is 5.11 Å². The molecule has 0 amide bonds. The molecule has 1 heterocycles. The summed E-state index contributed by atoms with van der Waals surface area (Å²) in [5.41, 5.74) is 0.176. The molecule has 1 aliphatic heterocycles. The molecule has 2 heteroatoms. The minimum atomic E-state index is -0.150. The van der Waals surface area contributed by atoms with Crippen molar-refractivity contribution in [3.05, 3.63) is 0 Å². The van der Waals surface area contributed by atoms with Gasteiger partial charge in [0.25, 0.3) is 0 Å². The Morgan fingerprint density at radius 3 is 2.23 bits per heavy atom. The van der Waals surface area contributed by atoms with Crippen LogP contribution in [0, 0.1) is 5.92 Å². The lowest BCUT2D eigenvalue weighted by molar-refractivity contribution is -0.0458. The topological polar surface area (TPSA) is 23.5 Å². The highest BCUT2D eigenvalue weighted by atomic mass is 16.3. The Balaban J connectivity index is 2.72. The minimum Gasteiger partial charge on any atom is -0.391 e. The van der Waals surface area contributed by atoms with E-state index in [0.29, 0.717) is 12.0 Å². The number of rotatable bonds is 0. The zero-order valence-electron chi connectivity index (χ0n) is 9.54. The van der Waals surface area contributed by atoms with Crippen molar-refractivity contribution < 1.29 is 5.11 Å². The molecule has 3 atom stereocenters. The lowest BCUT2D eigenvalue weighted by Gasteiger charge is -2.47. The van der Waals surface area contributed by atoms with Gasteiger partial charge in [-0.1, -0.05) is 6.92 Å². The predicted molar refractivity (Wildman–Crippen MR) is 55.7 cm³/mol. The van der Waals surface area contributed by atoms with Crippen molar-refractivity contribution in [2.75, 3.05) is 6.54 Å². The molecule has 0 aliphatic carbocycles. The summed E-state index contributed by atoms with van der Waals surface area (Å²) in [7, 11) is 0. The molecular weight excluding hydrogens is 162 g/mol. The van der Waals surface area contributed by atoms with Crippen LogP contribution in [0.3, 0.4) is 0 Å². The molecule has 2 nitrogen and oxygen atoms in total. The Hall–Kier alpha value is -0.0800. The minimum absolute atomic E-state index is 0.150. The van der Waals surface area contributed by atoms with E-state index in [1.165, 1.54) is 0 Å².